The molecule has 2 fully saturated rings. The smallest absolute Gasteiger partial charge is 0.240 e. The molecule has 2 amide bonds. The second-order valence-corrected chi connectivity index (χ2v) is 5.91. The predicted octanol–water partition coefficient (Wildman–Crippen LogP) is 1.89. The summed E-state index contributed by atoms with van der Waals surface area (Å²) in [5.74, 6) is -0.972. The third-order valence-electron chi connectivity index (χ3n) is 4.00. The van der Waals surface area contributed by atoms with E-state index in [1.807, 2.05) is 24.3 Å². The van der Waals surface area contributed by atoms with E-state index in [1.54, 1.807) is 12.1 Å². The van der Waals surface area contributed by atoms with Crippen LogP contribution in [0.1, 0.15) is 0 Å². The Balaban J connectivity index is 1.74. The van der Waals surface area contributed by atoms with Crippen molar-refractivity contribution in [1.82, 2.24) is 0 Å². The number of benzene rings is 1. The Labute approximate surface area is 118 Å². The number of hydrogen-bond donors (Lipinski definition) is 0. The van der Waals surface area contributed by atoms with Gasteiger partial charge < -0.3 is 4.74 Å². The second-order valence-electron chi connectivity index (χ2n) is 4.99. The number of fused-ring (bicyclic) bond motifs is 5. The van der Waals surface area contributed by atoms with Crippen molar-refractivity contribution in [3.05, 3.63) is 40.9 Å². The molecule has 0 spiro atoms. The molecular formula is C14H10BrNO3. The number of nitrogens with zero attached hydrogens (tertiary/aromatic N) is 1. The maximum absolute atomic E-state index is 12.5. The number of rotatable bonds is 1. The maximum atomic E-state index is 12.5. The molecule has 0 unspecified atom stereocenters. The van der Waals surface area contributed by atoms with Gasteiger partial charge in [0, 0.05) is 4.47 Å². The molecule has 2 bridgehead atoms. The highest BCUT2D eigenvalue weighted by Gasteiger charge is 2.60. The van der Waals surface area contributed by atoms with Gasteiger partial charge in [0.05, 0.1) is 29.7 Å². The summed E-state index contributed by atoms with van der Waals surface area (Å²) in [7, 11) is 0. The fourth-order valence-corrected chi connectivity index (χ4v) is 3.41. The van der Waals surface area contributed by atoms with Crippen molar-refractivity contribution in [3.63, 3.8) is 0 Å². The molecule has 1 aromatic carbocycles. The van der Waals surface area contributed by atoms with E-state index >= 15 is 0 Å². The van der Waals surface area contributed by atoms with E-state index in [0.717, 1.165) is 4.47 Å². The van der Waals surface area contributed by atoms with Crippen molar-refractivity contribution in [2.75, 3.05) is 4.90 Å². The molecule has 0 aliphatic carbocycles. The summed E-state index contributed by atoms with van der Waals surface area (Å²) in [5, 5.41) is 0. The number of imide groups is 1. The highest BCUT2D eigenvalue weighted by atomic mass is 79.9. The Hall–Kier alpha value is -1.46. The first-order chi connectivity index (χ1) is 9.16. The number of carbonyl (C=O) groups is 2. The van der Waals surface area contributed by atoms with Gasteiger partial charge in [-0.1, -0.05) is 28.1 Å². The van der Waals surface area contributed by atoms with Gasteiger partial charge in [-0.15, -0.1) is 0 Å². The van der Waals surface area contributed by atoms with Crippen LogP contribution in [0.4, 0.5) is 5.69 Å². The van der Waals surface area contributed by atoms with E-state index in [0.29, 0.717) is 5.69 Å². The summed E-state index contributed by atoms with van der Waals surface area (Å²) in [4.78, 5) is 26.2. The molecule has 2 saturated heterocycles. The third kappa shape index (κ3) is 1.42. The van der Waals surface area contributed by atoms with Crippen LogP contribution in [0.2, 0.25) is 0 Å². The molecule has 4 rings (SSSR count). The lowest BCUT2D eigenvalue weighted by Crippen LogP contribution is -2.34. The van der Waals surface area contributed by atoms with Crippen molar-refractivity contribution >= 4 is 33.4 Å². The van der Waals surface area contributed by atoms with Gasteiger partial charge in [0.25, 0.3) is 0 Å². The van der Waals surface area contributed by atoms with Crippen LogP contribution in [-0.4, -0.2) is 24.0 Å². The molecule has 0 radical (unpaired) electrons. The molecule has 1 aromatic rings. The minimum absolute atomic E-state index is 0.144. The first kappa shape index (κ1) is 11.4. The van der Waals surface area contributed by atoms with Crippen LogP contribution in [0, 0.1) is 11.8 Å². The minimum Gasteiger partial charge on any atom is -0.365 e. The van der Waals surface area contributed by atoms with Crippen LogP contribution < -0.4 is 4.90 Å². The van der Waals surface area contributed by atoms with Crippen LogP contribution in [-0.2, 0) is 14.3 Å². The van der Waals surface area contributed by atoms with E-state index in [1.165, 1.54) is 4.90 Å². The molecule has 19 heavy (non-hydrogen) atoms. The quantitative estimate of drug-likeness (QED) is 0.586. The summed E-state index contributed by atoms with van der Waals surface area (Å²) >= 11 is 3.34. The Kier molecular flexibility index (Phi) is 2.26. The minimum atomic E-state index is -0.342. The zero-order valence-corrected chi connectivity index (χ0v) is 11.4. The molecule has 96 valence electrons. The summed E-state index contributed by atoms with van der Waals surface area (Å²) in [6, 6.07) is 7.20. The van der Waals surface area contributed by atoms with Crippen LogP contribution in [0.5, 0.6) is 0 Å². The summed E-state index contributed by atoms with van der Waals surface area (Å²) < 4.78 is 6.51. The number of carbonyl (C=O) groups excluding carboxylic acids is 2. The van der Waals surface area contributed by atoms with Gasteiger partial charge in [0.2, 0.25) is 11.8 Å². The van der Waals surface area contributed by atoms with E-state index < -0.39 is 0 Å². The fraction of sp³-hybridized carbons (Fsp3) is 0.286. The van der Waals surface area contributed by atoms with Gasteiger partial charge in [-0.05, 0) is 24.3 Å². The topological polar surface area (TPSA) is 46.6 Å². The molecule has 3 aliphatic heterocycles. The molecule has 5 heteroatoms. The van der Waals surface area contributed by atoms with Crippen molar-refractivity contribution in [1.29, 1.82) is 0 Å². The summed E-state index contributed by atoms with van der Waals surface area (Å²) in [6.45, 7) is 0. The van der Waals surface area contributed by atoms with Gasteiger partial charge in [0.1, 0.15) is 0 Å². The summed E-state index contributed by atoms with van der Waals surface area (Å²) in [5.41, 5.74) is 0.631. The normalized spacial score (nSPS) is 35.3. The van der Waals surface area contributed by atoms with Crippen LogP contribution in [0.3, 0.4) is 0 Å². The highest BCUT2D eigenvalue weighted by Crippen LogP contribution is 2.46. The first-order valence-electron chi connectivity index (χ1n) is 6.14. The number of ether oxygens (including phenoxy) is 1. The zero-order valence-electron chi connectivity index (χ0n) is 9.82. The van der Waals surface area contributed by atoms with Crippen molar-refractivity contribution in [2.24, 2.45) is 11.8 Å². The number of amides is 2. The van der Waals surface area contributed by atoms with Crippen LogP contribution in [0.25, 0.3) is 0 Å². The SMILES string of the molecule is O=C1[C@@H]2[C@@H](C(=O)N1c1ccc(Br)cc1)[C@H]1C=C[C@@H]2O1. The molecule has 4 nitrogen and oxygen atoms in total. The average Bonchev–Trinajstić information content (AvgIpc) is 3.06. The van der Waals surface area contributed by atoms with E-state index in [2.05, 4.69) is 15.9 Å². The molecule has 0 aromatic heterocycles. The van der Waals surface area contributed by atoms with E-state index in [9.17, 15) is 9.59 Å². The van der Waals surface area contributed by atoms with Gasteiger partial charge in [0.15, 0.2) is 0 Å². The standard InChI is InChI=1S/C14H10BrNO3/c15-7-1-3-8(4-2-7)16-13(17)11-9-5-6-10(19-9)12(11)14(16)18/h1-6,9-12H/t9-,10+,11-,12-/m0/s1. The Morgan fingerprint density at radius 2 is 1.47 bits per heavy atom. The Bertz CT molecular complexity index is 580. The van der Waals surface area contributed by atoms with E-state index in [-0.39, 0.29) is 35.9 Å². The molecule has 0 saturated carbocycles. The second kappa shape index (κ2) is 3.77. The lowest BCUT2D eigenvalue weighted by Gasteiger charge is -2.17. The third-order valence-corrected chi connectivity index (χ3v) is 4.52. The van der Waals surface area contributed by atoms with Gasteiger partial charge in [-0.3, -0.25) is 9.59 Å². The predicted molar refractivity (Wildman–Crippen MR) is 71.4 cm³/mol. The summed E-state index contributed by atoms with van der Waals surface area (Å²) in [6.07, 6.45) is 3.32. The molecule has 3 heterocycles. The average molecular weight is 320 g/mol. The monoisotopic (exact) mass is 319 g/mol. The fourth-order valence-electron chi connectivity index (χ4n) is 3.15. The maximum Gasteiger partial charge on any atom is 0.240 e. The van der Waals surface area contributed by atoms with Gasteiger partial charge in [-0.2, -0.15) is 0 Å². The molecule has 0 N–H and O–H groups in total. The number of hydrogen-bond acceptors (Lipinski definition) is 3. The van der Waals surface area contributed by atoms with Gasteiger partial charge >= 0.3 is 0 Å². The van der Waals surface area contributed by atoms with Crippen molar-refractivity contribution < 1.29 is 14.3 Å². The first-order valence-corrected chi connectivity index (χ1v) is 6.93. The number of anilines is 1. The van der Waals surface area contributed by atoms with Crippen molar-refractivity contribution in [3.8, 4) is 0 Å². The van der Waals surface area contributed by atoms with E-state index in [4.69, 9.17) is 4.74 Å². The lowest BCUT2D eigenvalue weighted by atomic mass is 9.85. The Morgan fingerprint density at radius 1 is 0.947 bits per heavy atom. The Morgan fingerprint density at radius 3 is 2.00 bits per heavy atom. The largest absolute Gasteiger partial charge is 0.365 e. The van der Waals surface area contributed by atoms with Crippen LogP contribution in [0.15, 0.2) is 40.9 Å². The van der Waals surface area contributed by atoms with Crippen LogP contribution >= 0.6 is 15.9 Å². The molecule has 4 atom stereocenters. The van der Waals surface area contributed by atoms with Gasteiger partial charge in [-0.25, -0.2) is 4.90 Å². The lowest BCUT2D eigenvalue weighted by molar-refractivity contribution is -0.124. The zero-order chi connectivity index (χ0) is 13.1. The molecule has 3 aliphatic rings. The molecular weight excluding hydrogens is 310 g/mol. The van der Waals surface area contributed by atoms with Crippen molar-refractivity contribution in [2.45, 2.75) is 12.2 Å². The highest BCUT2D eigenvalue weighted by molar-refractivity contribution is 9.10. The number of halogens is 1.